The summed E-state index contributed by atoms with van der Waals surface area (Å²) in [5, 5.41) is 11.4. The molecule has 1 rings (SSSR count). The summed E-state index contributed by atoms with van der Waals surface area (Å²) in [5.74, 6) is -1.66. The van der Waals surface area contributed by atoms with E-state index in [1.54, 1.807) is 12.1 Å². The minimum atomic E-state index is -1.10. The van der Waals surface area contributed by atoms with Crippen molar-refractivity contribution in [1.29, 1.82) is 0 Å². The molecule has 0 saturated carbocycles. The summed E-state index contributed by atoms with van der Waals surface area (Å²) in [7, 11) is 0. The van der Waals surface area contributed by atoms with Gasteiger partial charge in [-0.05, 0) is 5.56 Å². The van der Waals surface area contributed by atoms with E-state index in [1.807, 2.05) is 18.2 Å². The van der Waals surface area contributed by atoms with Gasteiger partial charge in [0.25, 0.3) is 0 Å². The number of carbonyl (C=O) groups excluding carboxylic acids is 1. The van der Waals surface area contributed by atoms with E-state index in [9.17, 15) is 9.59 Å². The molecule has 2 atom stereocenters. The SMILES string of the molecule is NC[C@@H](N)C(=O)N[C@@H](Cc1ccccc1)C(=O)O. The summed E-state index contributed by atoms with van der Waals surface area (Å²) in [5.41, 5.74) is 11.5. The normalized spacial score (nSPS) is 13.7. The first-order chi connectivity index (χ1) is 8.54. The average molecular weight is 251 g/mol. The number of nitrogens with two attached hydrogens (primary N) is 2. The van der Waals surface area contributed by atoms with E-state index in [-0.39, 0.29) is 13.0 Å². The van der Waals surface area contributed by atoms with Crippen LogP contribution in [0.1, 0.15) is 5.56 Å². The van der Waals surface area contributed by atoms with Crippen LogP contribution in [0.15, 0.2) is 30.3 Å². The molecule has 1 aromatic rings. The zero-order valence-electron chi connectivity index (χ0n) is 9.87. The van der Waals surface area contributed by atoms with Gasteiger partial charge in [0, 0.05) is 13.0 Å². The third-order valence-electron chi connectivity index (χ3n) is 2.49. The van der Waals surface area contributed by atoms with Gasteiger partial charge in [-0.15, -0.1) is 0 Å². The summed E-state index contributed by atoms with van der Waals surface area (Å²) in [6.07, 6.45) is 0.208. The first kappa shape index (κ1) is 14.1. The van der Waals surface area contributed by atoms with Crippen LogP contribution in [0.25, 0.3) is 0 Å². The highest BCUT2D eigenvalue weighted by molar-refractivity contribution is 5.87. The van der Waals surface area contributed by atoms with E-state index in [0.29, 0.717) is 0 Å². The Labute approximate surface area is 105 Å². The van der Waals surface area contributed by atoms with Gasteiger partial charge in [-0.2, -0.15) is 0 Å². The molecule has 0 spiro atoms. The van der Waals surface area contributed by atoms with Crippen LogP contribution in [0.4, 0.5) is 0 Å². The van der Waals surface area contributed by atoms with E-state index in [1.165, 1.54) is 0 Å². The third kappa shape index (κ3) is 4.15. The number of rotatable bonds is 6. The Morgan fingerprint density at radius 2 is 1.89 bits per heavy atom. The maximum atomic E-state index is 11.5. The van der Waals surface area contributed by atoms with Gasteiger partial charge in [0.05, 0.1) is 6.04 Å². The highest BCUT2D eigenvalue weighted by Gasteiger charge is 2.22. The Hall–Kier alpha value is -1.92. The molecule has 0 fully saturated rings. The van der Waals surface area contributed by atoms with Crippen molar-refractivity contribution in [2.24, 2.45) is 11.5 Å². The number of hydrogen-bond donors (Lipinski definition) is 4. The minimum absolute atomic E-state index is 0.0243. The maximum absolute atomic E-state index is 11.5. The predicted molar refractivity (Wildman–Crippen MR) is 66.7 cm³/mol. The molecular formula is C12H17N3O3. The fourth-order valence-corrected chi connectivity index (χ4v) is 1.44. The lowest BCUT2D eigenvalue weighted by Gasteiger charge is -2.17. The quantitative estimate of drug-likeness (QED) is 0.521. The third-order valence-corrected chi connectivity index (χ3v) is 2.49. The van der Waals surface area contributed by atoms with Crippen molar-refractivity contribution in [3.63, 3.8) is 0 Å². The Bertz CT molecular complexity index is 408. The standard InChI is InChI=1S/C12H17N3O3/c13-7-9(14)11(16)15-10(12(17)18)6-8-4-2-1-3-5-8/h1-5,9-10H,6-7,13-14H2,(H,15,16)(H,17,18)/t9-,10+/m1/s1. The number of nitrogens with one attached hydrogen (secondary N) is 1. The van der Waals surface area contributed by atoms with Gasteiger partial charge < -0.3 is 21.9 Å². The van der Waals surface area contributed by atoms with Crippen LogP contribution in [0.3, 0.4) is 0 Å². The number of amides is 1. The Balaban J connectivity index is 2.67. The van der Waals surface area contributed by atoms with E-state index in [2.05, 4.69) is 5.32 Å². The molecule has 0 unspecified atom stereocenters. The van der Waals surface area contributed by atoms with Gasteiger partial charge in [0.2, 0.25) is 5.91 Å². The molecule has 98 valence electrons. The molecule has 0 bridgehead atoms. The number of carboxylic acids is 1. The summed E-state index contributed by atoms with van der Waals surface area (Å²) in [6.45, 7) is -0.0243. The Morgan fingerprint density at radius 1 is 1.28 bits per heavy atom. The van der Waals surface area contributed by atoms with E-state index in [4.69, 9.17) is 16.6 Å². The fourth-order valence-electron chi connectivity index (χ4n) is 1.44. The molecule has 0 radical (unpaired) electrons. The zero-order chi connectivity index (χ0) is 13.5. The molecule has 6 nitrogen and oxygen atoms in total. The van der Waals surface area contributed by atoms with Crippen molar-refractivity contribution in [3.8, 4) is 0 Å². The van der Waals surface area contributed by atoms with E-state index in [0.717, 1.165) is 5.56 Å². The number of benzene rings is 1. The first-order valence-corrected chi connectivity index (χ1v) is 5.57. The Kier molecular flexibility index (Phi) is 5.29. The fraction of sp³-hybridized carbons (Fsp3) is 0.333. The molecule has 18 heavy (non-hydrogen) atoms. The lowest BCUT2D eigenvalue weighted by molar-refractivity contribution is -0.141. The van der Waals surface area contributed by atoms with Gasteiger partial charge in [-0.3, -0.25) is 4.79 Å². The van der Waals surface area contributed by atoms with Crippen molar-refractivity contribution >= 4 is 11.9 Å². The summed E-state index contributed by atoms with van der Waals surface area (Å²) >= 11 is 0. The Morgan fingerprint density at radius 3 is 2.39 bits per heavy atom. The highest BCUT2D eigenvalue weighted by Crippen LogP contribution is 2.03. The number of aliphatic carboxylic acids is 1. The van der Waals surface area contributed by atoms with E-state index >= 15 is 0 Å². The number of carbonyl (C=O) groups is 2. The molecule has 0 aliphatic rings. The van der Waals surface area contributed by atoms with Crippen molar-refractivity contribution < 1.29 is 14.7 Å². The molecule has 6 N–H and O–H groups in total. The second kappa shape index (κ2) is 6.73. The maximum Gasteiger partial charge on any atom is 0.326 e. The van der Waals surface area contributed by atoms with Crippen LogP contribution in [0.2, 0.25) is 0 Å². The topological polar surface area (TPSA) is 118 Å². The second-order valence-corrected chi connectivity index (χ2v) is 3.93. The predicted octanol–water partition coefficient (Wildman–Crippen LogP) is -0.915. The number of carboxylic acid groups (broad SMARTS) is 1. The van der Waals surface area contributed by atoms with Crippen LogP contribution < -0.4 is 16.8 Å². The average Bonchev–Trinajstić information content (AvgIpc) is 2.37. The lowest BCUT2D eigenvalue weighted by Crippen LogP contribution is -2.51. The summed E-state index contributed by atoms with van der Waals surface area (Å²) < 4.78 is 0. The lowest BCUT2D eigenvalue weighted by atomic mass is 10.1. The second-order valence-electron chi connectivity index (χ2n) is 3.93. The van der Waals surface area contributed by atoms with Crippen molar-refractivity contribution in [2.75, 3.05) is 6.54 Å². The molecule has 1 aromatic carbocycles. The van der Waals surface area contributed by atoms with Crippen molar-refractivity contribution in [1.82, 2.24) is 5.32 Å². The highest BCUT2D eigenvalue weighted by atomic mass is 16.4. The van der Waals surface area contributed by atoms with Gasteiger partial charge in [-0.1, -0.05) is 30.3 Å². The molecule has 0 saturated heterocycles. The largest absolute Gasteiger partial charge is 0.480 e. The van der Waals surface area contributed by atoms with Crippen LogP contribution in [0, 0.1) is 0 Å². The van der Waals surface area contributed by atoms with Crippen LogP contribution in [-0.4, -0.2) is 35.6 Å². The van der Waals surface area contributed by atoms with Gasteiger partial charge in [0.15, 0.2) is 0 Å². The van der Waals surface area contributed by atoms with Crippen LogP contribution in [-0.2, 0) is 16.0 Å². The first-order valence-electron chi connectivity index (χ1n) is 5.57. The molecule has 0 aromatic heterocycles. The minimum Gasteiger partial charge on any atom is -0.480 e. The van der Waals surface area contributed by atoms with Gasteiger partial charge in [-0.25, -0.2) is 4.79 Å². The van der Waals surface area contributed by atoms with Gasteiger partial charge >= 0.3 is 5.97 Å². The van der Waals surface area contributed by atoms with E-state index < -0.39 is 24.0 Å². The monoisotopic (exact) mass is 251 g/mol. The molecule has 0 aliphatic carbocycles. The molecule has 0 aliphatic heterocycles. The summed E-state index contributed by atoms with van der Waals surface area (Å²) in [4.78, 5) is 22.6. The smallest absolute Gasteiger partial charge is 0.326 e. The van der Waals surface area contributed by atoms with Gasteiger partial charge in [0.1, 0.15) is 6.04 Å². The molecule has 1 amide bonds. The zero-order valence-corrected chi connectivity index (χ0v) is 9.87. The number of hydrogen-bond acceptors (Lipinski definition) is 4. The van der Waals surface area contributed by atoms with Crippen LogP contribution in [0.5, 0.6) is 0 Å². The van der Waals surface area contributed by atoms with Crippen molar-refractivity contribution in [3.05, 3.63) is 35.9 Å². The molecule has 0 heterocycles. The molecule has 6 heteroatoms. The van der Waals surface area contributed by atoms with Crippen LogP contribution >= 0.6 is 0 Å². The van der Waals surface area contributed by atoms with Crippen molar-refractivity contribution in [2.45, 2.75) is 18.5 Å². The molecular weight excluding hydrogens is 234 g/mol. The summed E-state index contributed by atoms with van der Waals surface area (Å²) in [6, 6.07) is 7.15.